The van der Waals surface area contributed by atoms with Crippen LogP contribution in [-0.2, 0) is 0 Å². The van der Waals surface area contributed by atoms with Crippen molar-refractivity contribution in [2.75, 3.05) is 12.4 Å². The van der Waals surface area contributed by atoms with E-state index in [9.17, 15) is 4.79 Å². The Morgan fingerprint density at radius 2 is 2.22 bits per heavy atom. The number of hydrogen-bond donors (Lipinski definition) is 2. The Morgan fingerprint density at radius 1 is 1.44 bits per heavy atom. The molecule has 0 bridgehead atoms. The molecular formula is C14H21N3O. The number of carbonyl (C=O) groups excluding carboxylic acids is 1. The van der Waals surface area contributed by atoms with Gasteiger partial charge in [0.2, 0.25) is 0 Å². The molecule has 1 aliphatic rings. The maximum Gasteiger partial charge on any atom is 0.270 e. The number of carbonyl (C=O) groups is 1. The molecule has 1 aromatic heterocycles. The Kier molecular flexibility index (Phi) is 3.55. The highest BCUT2D eigenvalue weighted by atomic mass is 16.1. The minimum atomic E-state index is -0.0691. The summed E-state index contributed by atoms with van der Waals surface area (Å²) in [5.41, 5.74) is 1.74. The number of hydrogen-bond acceptors (Lipinski definition) is 3. The molecule has 2 rings (SSSR count). The SMILES string of the molecule is CNc1ccc(C(=O)NC2CCC(C)(C)C2)nc1. The van der Waals surface area contributed by atoms with Gasteiger partial charge in [-0.1, -0.05) is 13.8 Å². The van der Waals surface area contributed by atoms with Crippen LogP contribution in [0.4, 0.5) is 5.69 Å². The second kappa shape index (κ2) is 4.96. The lowest BCUT2D eigenvalue weighted by molar-refractivity contribution is 0.0931. The van der Waals surface area contributed by atoms with E-state index in [1.54, 1.807) is 12.3 Å². The molecule has 1 aliphatic carbocycles. The van der Waals surface area contributed by atoms with Gasteiger partial charge in [-0.05, 0) is 36.8 Å². The lowest BCUT2D eigenvalue weighted by Crippen LogP contribution is -2.34. The van der Waals surface area contributed by atoms with Crippen molar-refractivity contribution in [1.29, 1.82) is 0 Å². The van der Waals surface area contributed by atoms with E-state index in [4.69, 9.17) is 0 Å². The quantitative estimate of drug-likeness (QED) is 0.862. The first-order valence-electron chi connectivity index (χ1n) is 6.45. The van der Waals surface area contributed by atoms with Crippen molar-refractivity contribution in [3.8, 4) is 0 Å². The van der Waals surface area contributed by atoms with Crippen LogP contribution < -0.4 is 10.6 Å². The number of pyridine rings is 1. The van der Waals surface area contributed by atoms with Crippen molar-refractivity contribution in [3.63, 3.8) is 0 Å². The van der Waals surface area contributed by atoms with Gasteiger partial charge >= 0.3 is 0 Å². The summed E-state index contributed by atoms with van der Waals surface area (Å²) >= 11 is 0. The smallest absolute Gasteiger partial charge is 0.270 e. The van der Waals surface area contributed by atoms with E-state index in [-0.39, 0.29) is 5.91 Å². The van der Waals surface area contributed by atoms with Gasteiger partial charge in [-0.3, -0.25) is 4.79 Å². The lowest BCUT2D eigenvalue weighted by Gasteiger charge is -2.17. The van der Waals surface area contributed by atoms with Crippen LogP contribution in [0.25, 0.3) is 0 Å². The molecule has 1 amide bonds. The third-order valence-electron chi connectivity index (χ3n) is 3.59. The molecule has 4 heteroatoms. The van der Waals surface area contributed by atoms with Crippen molar-refractivity contribution >= 4 is 11.6 Å². The second-order valence-electron chi connectivity index (χ2n) is 5.76. The molecule has 1 atom stereocenters. The fourth-order valence-corrected chi connectivity index (χ4v) is 2.49. The number of anilines is 1. The Labute approximate surface area is 108 Å². The average molecular weight is 247 g/mol. The third-order valence-corrected chi connectivity index (χ3v) is 3.59. The molecule has 0 aromatic carbocycles. The van der Waals surface area contributed by atoms with E-state index in [1.807, 2.05) is 13.1 Å². The Hall–Kier alpha value is -1.58. The van der Waals surface area contributed by atoms with Crippen LogP contribution in [0.1, 0.15) is 43.6 Å². The Bertz CT molecular complexity index is 425. The molecule has 4 nitrogen and oxygen atoms in total. The summed E-state index contributed by atoms with van der Waals surface area (Å²) in [4.78, 5) is 16.2. The molecule has 0 aliphatic heterocycles. The van der Waals surface area contributed by atoms with E-state index in [0.717, 1.165) is 18.5 Å². The normalized spacial score (nSPS) is 21.6. The fraction of sp³-hybridized carbons (Fsp3) is 0.571. The second-order valence-corrected chi connectivity index (χ2v) is 5.76. The lowest BCUT2D eigenvalue weighted by atomic mass is 9.92. The molecule has 1 aromatic rings. The summed E-state index contributed by atoms with van der Waals surface area (Å²) in [7, 11) is 1.83. The average Bonchev–Trinajstić information content (AvgIpc) is 2.68. The summed E-state index contributed by atoms with van der Waals surface area (Å²) < 4.78 is 0. The summed E-state index contributed by atoms with van der Waals surface area (Å²) in [6, 6.07) is 3.90. The first kappa shape index (κ1) is 12.9. The zero-order valence-electron chi connectivity index (χ0n) is 11.3. The van der Waals surface area contributed by atoms with Gasteiger partial charge in [0.25, 0.3) is 5.91 Å². The van der Waals surface area contributed by atoms with Crippen LogP contribution in [0.15, 0.2) is 18.3 Å². The zero-order chi connectivity index (χ0) is 13.2. The number of nitrogens with zero attached hydrogens (tertiary/aromatic N) is 1. The van der Waals surface area contributed by atoms with Gasteiger partial charge in [-0.15, -0.1) is 0 Å². The minimum absolute atomic E-state index is 0.0691. The van der Waals surface area contributed by atoms with Crippen LogP contribution in [0.2, 0.25) is 0 Å². The minimum Gasteiger partial charge on any atom is -0.387 e. The van der Waals surface area contributed by atoms with E-state index in [2.05, 4.69) is 29.5 Å². The molecule has 0 spiro atoms. The number of amides is 1. The van der Waals surface area contributed by atoms with E-state index in [1.165, 1.54) is 6.42 Å². The van der Waals surface area contributed by atoms with Crippen LogP contribution in [-0.4, -0.2) is 24.0 Å². The molecule has 2 N–H and O–H groups in total. The van der Waals surface area contributed by atoms with Crippen molar-refractivity contribution < 1.29 is 4.79 Å². The highest BCUT2D eigenvalue weighted by Crippen LogP contribution is 2.36. The van der Waals surface area contributed by atoms with Crippen LogP contribution in [0.5, 0.6) is 0 Å². The largest absolute Gasteiger partial charge is 0.387 e. The fourth-order valence-electron chi connectivity index (χ4n) is 2.49. The monoisotopic (exact) mass is 247 g/mol. The molecule has 98 valence electrons. The Morgan fingerprint density at radius 3 is 2.72 bits per heavy atom. The van der Waals surface area contributed by atoms with E-state index in [0.29, 0.717) is 17.2 Å². The van der Waals surface area contributed by atoms with Crippen LogP contribution in [0, 0.1) is 5.41 Å². The van der Waals surface area contributed by atoms with Gasteiger partial charge < -0.3 is 10.6 Å². The van der Waals surface area contributed by atoms with Crippen LogP contribution >= 0.6 is 0 Å². The van der Waals surface area contributed by atoms with Gasteiger partial charge in [-0.2, -0.15) is 0 Å². The van der Waals surface area contributed by atoms with Gasteiger partial charge in [0.05, 0.1) is 11.9 Å². The molecule has 1 unspecified atom stereocenters. The van der Waals surface area contributed by atoms with Gasteiger partial charge in [-0.25, -0.2) is 4.98 Å². The number of nitrogens with one attached hydrogen (secondary N) is 2. The molecule has 1 heterocycles. The summed E-state index contributed by atoms with van der Waals surface area (Å²) in [6.45, 7) is 4.50. The predicted molar refractivity (Wildman–Crippen MR) is 72.7 cm³/mol. The topological polar surface area (TPSA) is 54.0 Å². The standard InChI is InChI=1S/C14H21N3O/c1-14(2)7-6-10(8-14)17-13(18)12-5-4-11(15-3)9-16-12/h4-5,9-10,15H,6-8H2,1-3H3,(H,17,18). The first-order chi connectivity index (χ1) is 8.50. The number of rotatable bonds is 3. The predicted octanol–water partition coefficient (Wildman–Crippen LogP) is 2.43. The van der Waals surface area contributed by atoms with Crippen molar-refractivity contribution in [2.24, 2.45) is 5.41 Å². The molecule has 0 saturated heterocycles. The van der Waals surface area contributed by atoms with Crippen molar-refractivity contribution in [1.82, 2.24) is 10.3 Å². The Balaban J connectivity index is 1.95. The van der Waals surface area contributed by atoms with Crippen molar-refractivity contribution in [3.05, 3.63) is 24.0 Å². The summed E-state index contributed by atoms with van der Waals surface area (Å²) in [5, 5.41) is 6.05. The molecule has 1 fully saturated rings. The van der Waals surface area contributed by atoms with E-state index < -0.39 is 0 Å². The van der Waals surface area contributed by atoms with Gasteiger partial charge in [0.15, 0.2) is 0 Å². The maximum absolute atomic E-state index is 12.0. The summed E-state index contributed by atoms with van der Waals surface area (Å²) in [5.74, 6) is -0.0691. The molecular weight excluding hydrogens is 226 g/mol. The van der Waals surface area contributed by atoms with Crippen LogP contribution in [0.3, 0.4) is 0 Å². The third kappa shape index (κ3) is 3.00. The molecule has 0 radical (unpaired) electrons. The zero-order valence-corrected chi connectivity index (χ0v) is 11.3. The maximum atomic E-state index is 12.0. The van der Waals surface area contributed by atoms with E-state index >= 15 is 0 Å². The molecule has 1 saturated carbocycles. The van der Waals surface area contributed by atoms with Gasteiger partial charge in [0.1, 0.15) is 5.69 Å². The molecule has 18 heavy (non-hydrogen) atoms. The first-order valence-corrected chi connectivity index (χ1v) is 6.45. The number of aromatic nitrogens is 1. The highest BCUT2D eigenvalue weighted by Gasteiger charge is 2.31. The van der Waals surface area contributed by atoms with Crippen molar-refractivity contribution in [2.45, 2.75) is 39.2 Å². The summed E-state index contributed by atoms with van der Waals surface area (Å²) in [6.07, 6.45) is 4.96. The highest BCUT2D eigenvalue weighted by molar-refractivity contribution is 5.92. The van der Waals surface area contributed by atoms with Gasteiger partial charge in [0, 0.05) is 13.1 Å².